The maximum absolute atomic E-state index is 9.72. The first-order valence-corrected chi connectivity index (χ1v) is 9.93. The summed E-state index contributed by atoms with van der Waals surface area (Å²) in [6.45, 7) is 2.54. The predicted octanol–water partition coefficient (Wildman–Crippen LogP) is 3.14. The molecule has 0 radical (unpaired) electrons. The number of aliphatic hydroxyl groups is 3. The highest BCUT2D eigenvalue weighted by Gasteiger charge is 2.36. The second-order valence-corrected chi connectivity index (χ2v) is 6.99. The smallest absolute Gasteiger partial charge is 0.160 e. The van der Waals surface area contributed by atoms with Crippen molar-refractivity contribution in [3.8, 4) is 0 Å². The molecular formula is C19H38O5. The fraction of sp³-hybridized carbons (Fsp3) is 1.00. The first-order valence-electron chi connectivity index (χ1n) is 9.93. The van der Waals surface area contributed by atoms with Crippen molar-refractivity contribution < 1.29 is 24.8 Å². The van der Waals surface area contributed by atoms with E-state index in [1.54, 1.807) is 0 Å². The summed E-state index contributed by atoms with van der Waals surface area (Å²) in [5, 5.41) is 28.5. The summed E-state index contributed by atoms with van der Waals surface area (Å²) in [6, 6.07) is 0. The lowest BCUT2D eigenvalue weighted by Gasteiger charge is -2.36. The van der Waals surface area contributed by atoms with E-state index in [-0.39, 0.29) is 13.0 Å². The fourth-order valence-electron chi connectivity index (χ4n) is 3.15. The molecule has 0 bridgehead atoms. The van der Waals surface area contributed by atoms with Gasteiger partial charge in [0, 0.05) is 13.0 Å². The van der Waals surface area contributed by atoms with Crippen molar-refractivity contribution >= 4 is 0 Å². The van der Waals surface area contributed by atoms with E-state index in [1.807, 2.05) is 0 Å². The topological polar surface area (TPSA) is 79.2 Å². The van der Waals surface area contributed by atoms with Gasteiger partial charge in [-0.1, -0.05) is 71.1 Å². The van der Waals surface area contributed by atoms with Gasteiger partial charge in [-0.05, 0) is 6.42 Å². The zero-order valence-electron chi connectivity index (χ0n) is 15.4. The van der Waals surface area contributed by atoms with E-state index < -0.39 is 24.6 Å². The molecule has 0 saturated carbocycles. The molecule has 5 nitrogen and oxygen atoms in total. The highest BCUT2D eigenvalue weighted by Crippen LogP contribution is 2.21. The van der Waals surface area contributed by atoms with Crippen LogP contribution in [0.1, 0.15) is 84.0 Å². The van der Waals surface area contributed by atoms with Gasteiger partial charge in [-0.3, -0.25) is 0 Å². The predicted molar refractivity (Wildman–Crippen MR) is 94.8 cm³/mol. The van der Waals surface area contributed by atoms with E-state index in [0.717, 1.165) is 12.8 Å². The standard InChI is InChI=1S/C19H38O5/c1-2-3-4-5-6-7-8-9-10-11-12-13-23-18-14-16(21)19(22)17(15-20)24-18/h16-22H,2-15H2,1H3/t16-,17-,18+,19+/m1/s1. The van der Waals surface area contributed by atoms with Crippen LogP contribution in [0.25, 0.3) is 0 Å². The molecule has 1 rings (SSSR count). The van der Waals surface area contributed by atoms with Crippen molar-refractivity contribution in [2.75, 3.05) is 13.2 Å². The van der Waals surface area contributed by atoms with E-state index in [2.05, 4.69) is 6.92 Å². The van der Waals surface area contributed by atoms with Crippen molar-refractivity contribution in [2.24, 2.45) is 0 Å². The number of aliphatic hydroxyl groups excluding tert-OH is 3. The molecule has 1 heterocycles. The van der Waals surface area contributed by atoms with Crippen molar-refractivity contribution in [3.63, 3.8) is 0 Å². The first kappa shape index (κ1) is 21.8. The van der Waals surface area contributed by atoms with Gasteiger partial charge in [0.1, 0.15) is 12.2 Å². The maximum Gasteiger partial charge on any atom is 0.160 e. The summed E-state index contributed by atoms with van der Waals surface area (Å²) in [5.74, 6) is 0. The third-order valence-electron chi connectivity index (χ3n) is 4.77. The highest BCUT2D eigenvalue weighted by atomic mass is 16.7. The lowest BCUT2D eigenvalue weighted by Crippen LogP contribution is -2.50. The molecule has 0 amide bonds. The van der Waals surface area contributed by atoms with Crippen LogP contribution in [0.4, 0.5) is 0 Å². The Kier molecular flexibility index (Phi) is 12.8. The summed E-state index contributed by atoms with van der Waals surface area (Å²) in [5.41, 5.74) is 0. The van der Waals surface area contributed by atoms with Crippen LogP contribution in [-0.2, 0) is 9.47 Å². The fourth-order valence-corrected chi connectivity index (χ4v) is 3.15. The number of ether oxygens (including phenoxy) is 2. The summed E-state index contributed by atoms with van der Waals surface area (Å²) in [6.07, 6.45) is 11.3. The Hall–Kier alpha value is -0.200. The summed E-state index contributed by atoms with van der Waals surface area (Å²) >= 11 is 0. The second-order valence-electron chi connectivity index (χ2n) is 6.99. The lowest BCUT2D eigenvalue weighted by molar-refractivity contribution is -0.256. The molecule has 144 valence electrons. The van der Waals surface area contributed by atoms with Crippen LogP contribution in [0, 0.1) is 0 Å². The Morgan fingerprint density at radius 3 is 1.96 bits per heavy atom. The molecule has 1 saturated heterocycles. The van der Waals surface area contributed by atoms with E-state index in [9.17, 15) is 10.2 Å². The molecule has 3 N–H and O–H groups in total. The Bertz CT molecular complexity index is 287. The van der Waals surface area contributed by atoms with E-state index >= 15 is 0 Å². The minimum atomic E-state index is -1.03. The minimum absolute atomic E-state index is 0.260. The first-order chi connectivity index (χ1) is 11.7. The van der Waals surface area contributed by atoms with Crippen LogP contribution in [-0.4, -0.2) is 53.1 Å². The van der Waals surface area contributed by atoms with Gasteiger partial charge in [0.2, 0.25) is 0 Å². The normalized spacial score (nSPS) is 27.5. The van der Waals surface area contributed by atoms with E-state index in [4.69, 9.17) is 14.6 Å². The van der Waals surface area contributed by atoms with Crippen molar-refractivity contribution in [3.05, 3.63) is 0 Å². The van der Waals surface area contributed by atoms with Gasteiger partial charge in [-0.2, -0.15) is 0 Å². The van der Waals surface area contributed by atoms with Crippen LogP contribution < -0.4 is 0 Å². The molecule has 0 aromatic carbocycles. The number of hydrogen-bond acceptors (Lipinski definition) is 5. The highest BCUT2D eigenvalue weighted by molar-refractivity contribution is 4.82. The van der Waals surface area contributed by atoms with Gasteiger partial charge in [0.15, 0.2) is 6.29 Å². The average molecular weight is 347 g/mol. The molecule has 5 heteroatoms. The Morgan fingerprint density at radius 1 is 0.875 bits per heavy atom. The van der Waals surface area contributed by atoms with Crippen molar-refractivity contribution in [1.82, 2.24) is 0 Å². The van der Waals surface area contributed by atoms with Crippen LogP contribution in [0.3, 0.4) is 0 Å². The second kappa shape index (κ2) is 14.0. The third-order valence-corrected chi connectivity index (χ3v) is 4.77. The molecule has 1 aliphatic heterocycles. The van der Waals surface area contributed by atoms with Gasteiger partial charge in [-0.25, -0.2) is 0 Å². The Balaban J connectivity index is 1.90. The summed E-state index contributed by atoms with van der Waals surface area (Å²) in [4.78, 5) is 0. The monoisotopic (exact) mass is 346 g/mol. The lowest BCUT2D eigenvalue weighted by atomic mass is 10.0. The van der Waals surface area contributed by atoms with E-state index in [0.29, 0.717) is 6.61 Å². The molecular weight excluding hydrogens is 308 g/mol. The molecule has 4 atom stereocenters. The Morgan fingerprint density at radius 2 is 1.42 bits per heavy atom. The average Bonchev–Trinajstić information content (AvgIpc) is 2.58. The van der Waals surface area contributed by atoms with Gasteiger partial charge < -0.3 is 24.8 Å². The largest absolute Gasteiger partial charge is 0.394 e. The molecule has 0 aromatic heterocycles. The summed E-state index contributed by atoms with van der Waals surface area (Å²) in [7, 11) is 0. The van der Waals surface area contributed by atoms with Crippen molar-refractivity contribution in [1.29, 1.82) is 0 Å². The Labute approximate surface area is 147 Å². The number of rotatable bonds is 14. The number of unbranched alkanes of at least 4 members (excludes halogenated alkanes) is 10. The van der Waals surface area contributed by atoms with Gasteiger partial charge in [0.05, 0.1) is 12.7 Å². The van der Waals surface area contributed by atoms with Crippen LogP contribution in [0.15, 0.2) is 0 Å². The molecule has 0 unspecified atom stereocenters. The molecule has 1 aliphatic rings. The minimum Gasteiger partial charge on any atom is -0.394 e. The summed E-state index contributed by atoms with van der Waals surface area (Å²) < 4.78 is 11.0. The maximum atomic E-state index is 9.72. The molecule has 0 aromatic rings. The van der Waals surface area contributed by atoms with Crippen LogP contribution in [0.2, 0.25) is 0 Å². The van der Waals surface area contributed by atoms with Crippen molar-refractivity contribution in [2.45, 2.75) is 109 Å². The zero-order chi connectivity index (χ0) is 17.6. The van der Waals surface area contributed by atoms with Crippen LogP contribution >= 0.6 is 0 Å². The van der Waals surface area contributed by atoms with Crippen LogP contribution in [0.5, 0.6) is 0 Å². The SMILES string of the molecule is CCCCCCCCCCCCCO[C@@H]1C[C@@H](O)[C@H](O)[C@@H](CO)O1. The molecule has 0 spiro atoms. The zero-order valence-corrected chi connectivity index (χ0v) is 15.4. The molecule has 0 aliphatic carbocycles. The molecule has 24 heavy (non-hydrogen) atoms. The van der Waals surface area contributed by atoms with Gasteiger partial charge >= 0.3 is 0 Å². The third kappa shape index (κ3) is 9.33. The molecule has 1 fully saturated rings. The van der Waals surface area contributed by atoms with Gasteiger partial charge in [-0.15, -0.1) is 0 Å². The van der Waals surface area contributed by atoms with Gasteiger partial charge in [0.25, 0.3) is 0 Å². The van der Waals surface area contributed by atoms with E-state index in [1.165, 1.54) is 57.8 Å². The number of hydrogen-bond donors (Lipinski definition) is 3. The quantitative estimate of drug-likeness (QED) is 0.421.